The predicted molar refractivity (Wildman–Crippen MR) is 131 cm³/mol. The van der Waals surface area contributed by atoms with Gasteiger partial charge < -0.3 is 15.0 Å². The number of rotatable bonds is 8. The Kier molecular flexibility index (Phi) is 7.47. The van der Waals surface area contributed by atoms with E-state index in [1.165, 1.54) is 11.3 Å². The number of halogens is 2. The topological polar surface area (TPSA) is 84.4 Å². The molecule has 1 fully saturated rings. The molecular formula is C23H22Cl2N4O3S. The van der Waals surface area contributed by atoms with Gasteiger partial charge in [-0.05, 0) is 43.2 Å². The van der Waals surface area contributed by atoms with Crippen LogP contribution in [0.5, 0.6) is 5.75 Å². The van der Waals surface area contributed by atoms with Gasteiger partial charge in [0.2, 0.25) is 16.9 Å². The van der Waals surface area contributed by atoms with E-state index in [9.17, 15) is 9.59 Å². The fourth-order valence-corrected chi connectivity index (χ4v) is 4.92. The van der Waals surface area contributed by atoms with Crippen molar-refractivity contribution in [1.82, 2.24) is 10.2 Å². The molecule has 33 heavy (non-hydrogen) atoms. The van der Waals surface area contributed by atoms with Gasteiger partial charge in [0.15, 0.2) is 0 Å². The van der Waals surface area contributed by atoms with E-state index in [-0.39, 0.29) is 24.2 Å². The number of anilines is 2. The quantitative estimate of drug-likeness (QED) is 0.411. The molecule has 1 unspecified atom stereocenters. The van der Waals surface area contributed by atoms with Crippen LogP contribution in [0.3, 0.4) is 0 Å². The zero-order valence-corrected chi connectivity index (χ0v) is 20.2. The standard InChI is InChI=1S/C23H22Cl2N4O3S/c1-14-5-2-3-6-18(14)29-13-15(11-21(29)31)22-27-28-23(33-22)26-20(30)7-4-10-32-19-9-8-16(24)12-17(19)25/h2-3,5-6,8-9,12,15H,4,7,10-11,13H2,1H3,(H,26,28,30). The van der Waals surface area contributed by atoms with Crippen LogP contribution in [0.15, 0.2) is 42.5 Å². The average molecular weight is 505 g/mol. The summed E-state index contributed by atoms with van der Waals surface area (Å²) in [4.78, 5) is 26.6. The summed E-state index contributed by atoms with van der Waals surface area (Å²) in [6.07, 6.45) is 1.16. The lowest BCUT2D eigenvalue weighted by Crippen LogP contribution is -2.25. The van der Waals surface area contributed by atoms with Crippen LogP contribution >= 0.6 is 34.5 Å². The van der Waals surface area contributed by atoms with Crippen molar-refractivity contribution in [3.63, 3.8) is 0 Å². The summed E-state index contributed by atoms with van der Waals surface area (Å²) in [6, 6.07) is 12.8. The van der Waals surface area contributed by atoms with Gasteiger partial charge in [-0.15, -0.1) is 10.2 Å². The Balaban J connectivity index is 1.26. The maximum Gasteiger partial charge on any atom is 0.227 e. The van der Waals surface area contributed by atoms with Gasteiger partial charge in [-0.25, -0.2) is 0 Å². The number of carbonyl (C=O) groups excluding carboxylic acids is 2. The van der Waals surface area contributed by atoms with Crippen molar-refractivity contribution in [2.24, 2.45) is 0 Å². The van der Waals surface area contributed by atoms with Crippen LogP contribution in [0.2, 0.25) is 10.0 Å². The molecule has 3 aromatic rings. The van der Waals surface area contributed by atoms with Crippen molar-refractivity contribution in [3.8, 4) is 5.75 Å². The van der Waals surface area contributed by atoms with Crippen molar-refractivity contribution >= 4 is 57.2 Å². The van der Waals surface area contributed by atoms with E-state index in [1.54, 1.807) is 23.1 Å². The summed E-state index contributed by atoms with van der Waals surface area (Å²) >= 11 is 13.2. The molecule has 7 nitrogen and oxygen atoms in total. The van der Waals surface area contributed by atoms with Crippen LogP contribution in [0.4, 0.5) is 10.8 Å². The number of aryl methyl sites for hydroxylation is 1. The minimum absolute atomic E-state index is 0.0437. The van der Waals surface area contributed by atoms with E-state index in [4.69, 9.17) is 27.9 Å². The third kappa shape index (κ3) is 5.82. The van der Waals surface area contributed by atoms with Gasteiger partial charge in [-0.2, -0.15) is 0 Å². The Labute approximate surface area is 205 Å². The van der Waals surface area contributed by atoms with Crippen LogP contribution in [0, 0.1) is 6.92 Å². The predicted octanol–water partition coefficient (Wildman–Crippen LogP) is 5.47. The maximum atomic E-state index is 12.6. The highest BCUT2D eigenvalue weighted by molar-refractivity contribution is 7.15. The average Bonchev–Trinajstić information content (AvgIpc) is 3.39. The van der Waals surface area contributed by atoms with Crippen molar-refractivity contribution in [2.45, 2.75) is 32.1 Å². The fraction of sp³-hybridized carbons (Fsp3) is 0.304. The molecule has 2 aromatic carbocycles. The van der Waals surface area contributed by atoms with Gasteiger partial charge in [-0.1, -0.05) is 52.7 Å². The second-order valence-electron chi connectivity index (χ2n) is 7.71. The second kappa shape index (κ2) is 10.5. The molecule has 2 amide bonds. The molecule has 1 aromatic heterocycles. The molecule has 2 heterocycles. The number of hydrogen-bond acceptors (Lipinski definition) is 6. The molecule has 1 aliphatic rings. The molecule has 0 radical (unpaired) electrons. The minimum atomic E-state index is -0.174. The first-order chi connectivity index (χ1) is 15.9. The molecule has 172 valence electrons. The summed E-state index contributed by atoms with van der Waals surface area (Å²) in [6.45, 7) is 2.88. The normalized spacial score (nSPS) is 15.7. The van der Waals surface area contributed by atoms with Crippen molar-refractivity contribution < 1.29 is 14.3 Å². The number of carbonyl (C=O) groups is 2. The van der Waals surface area contributed by atoms with Gasteiger partial charge in [0, 0.05) is 36.0 Å². The molecular weight excluding hydrogens is 483 g/mol. The Morgan fingerprint density at radius 3 is 2.85 bits per heavy atom. The van der Waals surface area contributed by atoms with Crippen molar-refractivity contribution in [2.75, 3.05) is 23.4 Å². The highest BCUT2D eigenvalue weighted by atomic mass is 35.5. The molecule has 0 bridgehead atoms. The van der Waals surface area contributed by atoms with Crippen molar-refractivity contribution in [3.05, 3.63) is 63.1 Å². The molecule has 1 N–H and O–H groups in total. The lowest BCUT2D eigenvalue weighted by Gasteiger charge is -2.18. The SMILES string of the molecule is Cc1ccccc1N1CC(c2nnc(NC(=O)CCCOc3ccc(Cl)cc3Cl)s2)CC1=O. The molecule has 10 heteroatoms. The Morgan fingerprint density at radius 2 is 2.06 bits per heavy atom. The van der Waals surface area contributed by atoms with Gasteiger partial charge in [-0.3, -0.25) is 9.59 Å². The fourth-order valence-electron chi connectivity index (χ4n) is 3.61. The Bertz CT molecular complexity index is 1170. The lowest BCUT2D eigenvalue weighted by atomic mass is 10.1. The number of nitrogens with zero attached hydrogens (tertiary/aromatic N) is 3. The van der Waals surface area contributed by atoms with E-state index < -0.39 is 0 Å². The summed E-state index contributed by atoms with van der Waals surface area (Å²) in [5.41, 5.74) is 1.98. The molecule has 1 aliphatic heterocycles. The first kappa shape index (κ1) is 23.5. The number of hydrogen-bond donors (Lipinski definition) is 1. The van der Waals surface area contributed by atoms with E-state index in [0.717, 1.165) is 16.3 Å². The third-order valence-corrected chi connectivity index (χ3v) is 6.80. The minimum Gasteiger partial charge on any atom is -0.492 e. The number of nitrogens with one attached hydrogen (secondary N) is 1. The van der Waals surface area contributed by atoms with E-state index in [2.05, 4.69) is 15.5 Å². The summed E-state index contributed by atoms with van der Waals surface area (Å²) < 4.78 is 5.60. The third-order valence-electron chi connectivity index (χ3n) is 5.27. The number of benzene rings is 2. The summed E-state index contributed by atoms with van der Waals surface area (Å²) in [7, 11) is 0. The summed E-state index contributed by atoms with van der Waals surface area (Å²) in [5, 5.41) is 13.2. The first-order valence-corrected chi connectivity index (χ1v) is 12.0. The monoisotopic (exact) mass is 504 g/mol. The largest absolute Gasteiger partial charge is 0.492 e. The molecule has 1 atom stereocenters. The van der Waals surface area contributed by atoms with Gasteiger partial charge >= 0.3 is 0 Å². The number of amides is 2. The first-order valence-electron chi connectivity index (χ1n) is 10.5. The highest BCUT2D eigenvalue weighted by Crippen LogP contribution is 2.35. The van der Waals surface area contributed by atoms with Gasteiger partial charge in [0.05, 0.1) is 11.6 Å². The lowest BCUT2D eigenvalue weighted by molar-refractivity contribution is -0.117. The molecule has 0 spiro atoms. The second-order valence-corrected chi connectivity index (χ2v) is 9.57. The van der Waals surface area contributed by atoms with Crippen LogP contribution in [-0.4, -0.2) is 35.2 Å². The zero-order valence-electron chi connectivity index (χ0n) is 17.9. The zero-order chi connectivity index (χ0) is 23.4. The van der Waals surface area contributed by atoms with E-state index in [0.29, 0.717) is 46.9 Å². The maximum absolute atomic E-state index is 12.6. The molecule has 0 saturated carbocycles. The van der Waals surface area contributed by atoms with Gasteiger partial charge in [0.1, 0.15) is 10.8 Å². The van der Waals surface area contributed by atoms with Gasteiger partial charge in [0.25, 0.3) is 0 Å². The number of aromatic nitrogens is 2. The Hall–Kier alpha value is -2.68. The van der Waals surface area contributed by atoms with Crippen LogP contribution in [0.1, 0.15) is 35.8 Å². The molecule has 4 rings (SSSR count). The number of ether oxygens (including phenoxy) is 1. The van der Waals surface area contributed by atoms with E-state index in [1.807, 2.05) is 31.2 Å². The van der Waals surface area contributed by atoms with Crippen LogP contribution in [0.25, 0.3) is 0 Å². The van der Waals surface area contributed by atoms with Crippen LogP contribution in [-0.2, 0) is 9.59 Å². The van der Waals surface area contributed by atoms with Crippen LogP contribution < -0.4 is 15.0 Å². The highest BCUT2D eigenvalue weighted by Gasteiger charge is 2.34. The molecule has 0 aliphatic carbocycles. The summed E-state index contributed by atoms with van der Waals surface area (Å²) in [5.74, 6) is 0.377. The molecule has 1 saturated heterocycles. The Morgan fingerprint density at radius 1 is 1.24 bits per heavy atom. The number of para-hydroxylation sites is 1. The van der Waals surface area contributed by atoms with E-state index >= 15 is 0 Å². The van der Waals surface area contributed by atoms with Crippen molar-refractivity contribution in [1.29, 1.82) is 0 Å². The smallest absolute Gasteiger partial charge is 0.227 e.